The van der Waals surface area contributed by atoms with Crippen molar-refractivity contribution in [2.75, 3.05) is 6.54 Å². The van der Waals surface area contributed by atoms with Gasteiger partial charge in [0.1, 0.15) is 0 Å². The van der Waals surface area contributed by atoms with Crippen molar-refractivity contribution in [3.8, 4) is 0 Å². The summed E-state index contributed by atoms with van der Waals surface area (Å²) in [7, 11) is 0. The molecular weight excluding hydrogens is 246 g/mol. The van der Waals surface area contributed by atoms with Crippen molar-refractivity contribution in [3.63, 3.8) is 0 Å². The molecule has 3 rings (SSSR count). The number of hydrogen-bond donors (Lipinski definition) is 1. The number of rotatable bonds is 5. The van der Waals surface area contributed by atoms with Gasteiger partial charge in [0.2, 0.25) is 0 Å². The average Bonchev–Trinajstić information content (AvgIpc) is 2.96. The Hall–Kier alpha value is -1.61. The van der Waals surface area contributed by atoms with Crippen LogP contribution in [0.5, 0.6) is 0 Å². The fraction of sp³-hybridized carbons (Fsp3) is 0.471. The van der Waals surface area contributed by atoms with E-state index in [-0.39, 0.29) is 0 Å². The molecule has 1 heterocycles. The summed E-state index contributed by atoms with van der Waals surface area (Å²) >= 11 is 0. The Labute approximate surface area is 121 Å². The molecule has 3 heteroatoms. The summed E-state index contributed by atoms with van der Waals surface area (Å²) in [5.74, 6) is 0.675. The SMILES string of the molecule is CC1(C)[C@@H](c2ccccc2)C[C@H]1NCCn1ccnc1. The van der Waals surface area contributed by atoms with Crippen LogP contribution in [0.25, 0.3) is 0 Å². The molecule has 1 fully saturated rings. The van der Waals surface area contributed by atoms with E-state index >= 15 is 0 Å². The zero-order valence-corrected chi connectivity index (χ0v) is 12.3. The zero-order chi connectivity index (χ0) is 14.0. The van der Waals surface area contributed by atoms with Crippen molar-refractivity contribution in [3.05, 3.63) is 54.6 Å². The molecule has 1 saturated carbocycles. The van der Waals surface area contributed by atoms with Gasteiger partial charge in [-0.2, -0.15) is 0 Å². The first-order valence-electron chi connectivity index (χ1n) is 7.42. The minimum atomic E-state index is 0.330. The van der Waals surface area contributed by atoms with Crippen LogP contribution in [-0.2, 0) is 6.54 Å². The van der Waals surface area contributed by atoms with Gasteiger partial charge in [-0.05, 0) is 23.3 Å². The van der Waals surface area contributed by atoms with Gasteiger partial charge in [-0.1, -0.05) is 44.2 Å². The maximum absolute atomic E-state index is 4.07. The Morgan fingerprint density at radius 2 is 2.10 bits per heavy atom. The minimum Gasteiger partial charge on any atom is -0.336 e. The van der Waals surface area contributed by atoms with Gasteiger partial charge < -0.3 is 9.88 Å². The van der Waals surface area contributed by atoms with E-state index in [2.05, 4.69) is 59.0 Å². The van der Waals surface area contributed by atoms with E-state index in [4.69, 9.17) is 0 Å². The number of hydrogen-bond acceptors (Lipinski definition) is 2. The second-order valence-corrected chi connectivity index (χ2v) is 6.33. The summed E-state index contributed by atoms with van der Waals surface area (Å²) in [6.07, 6.45) is 6.96. The number of aromatic nitrogens is 2. The zero-order valence-electron chi connectivity index (χ0n) is 12.3. The van der Waals surface area contributed by atoms with Gasteiger partial charge >= 0.3 is 0 Å². The van der Waals surface area contributed by atoms with E-state index in [1.165, 1.54) is 12.0 Å². The predicted octanol–water partition coefficient (Wildman–Crippen LogP) is 3.06. The van der Waals surface area contributed by atoms with Crippen LogP contribution in [0.3, 0.4) is 0 Å². The molecule has 0 unspecified atom stereocenters. The fourth-order valence-electron chi connectivity index (χ4n) is 3.31. The average molecular weight is 269 g/mol. The highest BCUT2D eigenvalue weighted by molar-refractivity contribution is 5.27. The Kier molecular flexibility index (Phi) is 3.62. The Morgan fingerprint density at radius 3 is 2.75 bits per heavy atom. The maximum Gasteiger partial charge on any atom is 0.0946 e. The molecule has 0 bridgehead atoms. The van der Waals surface area contributed by atoms with Crippen LogP contribution in [0.4, 0.5) is 0 Å². The second-order valence-electron chi connectivity index (χ2n) is 6.33. The molecule has 0 aliphatic heterocycles. The standard InChI is InChI=1S/C17H23N3/c1-17(2)15(14-6-4-3-5-7-14)12-16(17)19-9-11-20-10-8-18-13-20/h3-8,10,13,15-16,19H,9,11-12H2,1-2H3/t15-,16-/m1/s1. The summed E-state index contributed by atoms with van der Waals surface area (Å²) in [4.78, 5) is 4.07. The summed E-state index contributed by atoms with van der Waals surface area (Å²) in [5, 5.41) is 3.70. The van der Waals surface area contributed by atoms with Crippen LogP contribution in [-0.4, -0.2) is 22.1 Å². The molecule has 1 aromatic carbocycles. The summed E-state index contributed by atoms with van der Waals surface area (Å²) in [6.45, 7) is 6.75. The monoisotopic (exact) mass is 269 g/mol. The summed E-state index contributed by atoms with van der Waals surface area (Å²) in [6, 6.07) is 11.5. The van der Waals surface area contributed by atoms with Crippen LogP contribution in [0.1, 0.15) is 31.7 Å². The van der Waals surface area contributed by atoms with Crippen LogP contribution in [0.15, 0.2) is 49.1 Å². The fourth-order valence-corrected chi connectivity index (χ4v) is 3.31. The third-order valence-electron chi connectivity index (χ3n) is 4.79. The van der Waals surface area contributed by atoms with Crippen molar-refractivity contribution in [2.45, 2.75) is 38.8 Å². The number of benzene rings is 1. The molecule has 20 heavy (non-hydrogen) atoms. The molecule has 0 saturated heterocycles. The van der Waals surface area contributed by atoms with Crippen LogP contribution in [0, 0.1) is 5.41 Å². The van der Waals surface area contributed by atoms with Crippen molar-refractivity contribution >= 4 is 0 Å². The first-order valence-corrected chi connectivity index (χ1v) is 7.42. The Balaban J connectivity index is 1.53. The lowest BCUT2D eigenvalue weighted by molar-refractivity contribution is 0.0687. The normalized spacial score (nSPS) is 24.3. The molecule has 2 atom stereocenters. The quantitative estimate of drug-likeness (QED) is 0.904. The second kappa shape index (κ2) is 5.41. The molecule has 0 spiro atoms. The smallest absolute Gasteiger partial charge is 0.0946 e. The molecule has 2 aromatic rings. The van der Waals surface area contributed by atoms with Gasteiger partial charge in [-0.25, -0.2) is 4.98 Å². The lowest BCUT2D eigenvalue weighted by atomic mass is 9.56. The lowest BCUT2D eigenvalue weighted by Gasteiger charge is -2.53. The minimum absolute atomic E-state index is 0.330. The van der Waals surface area contributed by atoms with E-state index < -0.39 is 0 Å². The van der Waals surface area contributed by atoms with Gasteiger partial charge in [-0.15, -0.1) is 0 Å². The highest BCUT2D eigenvalue weighted by Crippen LogP contribution is 2.52. The largest absolute Gasteiger partial charge is 0.336 e. The third kappa shape index (κ3) is 2.50. The molecule has 1 N–H and O–H groups in total. The van der Waals surface area contributed by atoms with Crippen molar-refractivity contribution < 1.29 is 0 Å². The first kappa shape index (κ1) is 13.4. The van der Waals surface area contributed by atoms with Gasteiger partial charge in [0.05, 0.1) is 6.33 Å². The Bertz CT molecular complexity index is 531. The summed E-state index contributed by atoms with van der Waals surface area (Å²) in [5.41, 5.74) is 1.81. The molecule has 0 amide bonds. The number of nitrogens with zero attached hydrogens (tertiary/aromatic N) is 2. The Morgan fingerprint density at radius 1 is 1.30 bits per heavy atom. The summed E-state index contributed by atoms with van der Waals surface area (Å²) < 4.78 is 2.12. The topological polar surface area (TPSA) is 29.9 Å². The van der Waals surface area contributed by atoms with E-state index in [1.54, 1.807) is 0 Å². The van der Waals surface area contributed by atoms with Crippen molar-refractivity contribution in [1.29, 1.82) is 0 Å². The van der Waals surface area contributed by atoms with E-state index in [9.17, 15) is 0 Å². The third-order valence-corrected chi connectivity index (χ3v) is 4.79. The molecule has 1 aliphatic carbocycles. The van der Waals surface area contributed by atoms with E-state index in [1.807, 2.05) is 18.7 Å². The number of nitrogens with one attached hydrogen (secondary N) is 1. The lowest BCUT2D eigenvalue weighted by Crippen LogP contribution is -2.55. The van der Waals surface area contributed by atoms with Crippen LogP contribution < -0.4 is 5.32 Å². The highest BCUT2D eigenvalue weighted by Gasteiger charge is 2.48. The van der Waals surface area contributed by atoms with Gasteiger partial charge in [0.15, 0.2) is 0 Å². The van der Waals surface area contributed by atoms with E-state index in [0.29, 0.717) is 17.4 Å². The molecule has 0 radical (unpaired) electrons. The van der Waals surface area contributed by atoms with Crippen LogP contribution >= 0.6 is 0 Å². The predicted molar refractivity (Wildman–Crippen MR) is 81.6 cm³/mol. The first-order chi connectivity index (χ1) is 9.68. The molecule has 3 nitrogen and oxygen atoms in total. The van der Waals surface area contributed by atoms with Gasteiger partial charge in [-0.3, -0.25) is 0 Å². The van der Waals surface area contributed by atoms with Crippen molar-refractivity contribution in [1.82, 2.24) is 14.9 Å². The van der Waals surface area contributed by atoms with Crippen molar-refractivity contribution in [2.24, 2.45) is 5.41 Å². The molecular formula is C17H23N3. The maximum atomic E-state index is 4.07. The van der Waals surface area contributed by atoms with E-state index in [0.717, 1.165) is 13.1 Å². The molecule has 1 aliphatic rings. The molecule has 106 valence electrons. The van der Waals surface area contributed by atoms with Gasteiger partial charge in [0, 0.05) is 31.5 Å². The van der Waals surface area contributed by atoms with Gasteiger partial charge in [0.25, 0.3) is 0 Å². The van der Waals surface area contributed by atoms with Crippen LogP contribution in [0.2, 0.25) is 0 Å². The molecule has 1 aromatic heterocycles. The number of imidazole rings is 1. The highest BCUT2D eigenvalue weighted by atomic mass is 15.1.